The van der Waals surface area contributed by atoms with Gasteiger partial charge < -0.3 is 4.74 Å². The lowest BCUT2D eigenvalue weighted by atomic mass is 10.2. The monoisotopic (exact) mass is 229 g/mol. The van der Waals surface area contributed by atoms with Gasteiger partial charge in [-0.15, -0.1) is 0 Å². The van der Waals surface area contributed by atoms with Crippen molar-refractivity contribution in [3.8, 4) is 5.75 Å². The van der Waals surface area contributed by atoms with Gasteiger partial charge in [0.2, 0.25) is 0 Å². The Morgan fingerprint density at radius 3 is 3.13 bits per heavy atom. The van der Waals surface area contributed by atoms with Crippen molar-refractivity contribution in [2.45, 2.75) is 26.0 Å². The maximum atomic E-state index is 13.5. The summed E-state index contributed by atoms with van der Waals surface area (Å²) in [5.41, 5.74) is 0.806. The number of rotatable bonds is 1. The Morgan fingerprint density at radius 1 is 1.60 bits per heavy atom. The maximum absolute atomic E-state index is 13.5. The average molecular weight is 230 g/mol. The number of halogens is 2. The molecule has 0 saturated carbocycles. The number of benzene rings is 1. The van der Waals surface area contributed by atoms with E-state index in [4.69, 9.17) is 16.5 Å². The summed E-state index contributed by atoms with van der Waals surface area (Å²) in [5, 5.41) is 0. The highest BCUT2D eigenvalue weighted by molar-refractivity contribution is 6.13. The van der Waals surface area contributed by atoms with Crippen molar-refractivity contribution >= 4 is 11.8 Å². The van der Waals surface area contributed by atoms with Crippen LogP contribution in [0.5, 0.6) is 5.75 Å². The van der Waals surface area contributed by atoms with Gasteiger partial charge in [-0.2, -0.15) is 0 Å². The van der Waals surface area contributed by atoms with Gasteiger partial charge in [0.05, 0.1) is 6.54 Å². The number of fused-ring (bicyclic) bond motifs is 1. The van der Waals surface area contributed by atoms with Gasteiger partial charge in [0, 0.05) is 12.1 Å². The lowest BCUT2D eigenvalue weighted by Gasteiger charge is -2.16. The van der Waals surface area contributed by atoms with Crippen molar-refractivity contribution in [3.63, 3.8) is 0 Å². The van der Waals surface area contributed by atoms with E-state index in [2.05, 4.69) is 0 Å². The smallest absolute Gasteiger partial charge is 0.165 e. The molecule has 1 aromatic carbocycles. The molecule has 0 fully saturated rings. The van der Waals surface area contributed by atoms with E-state index in [-0.39, 0.29) is 11.9 Å². The molecule has 2 rings (SSSR count). The molecule has 0 radical (unpaired) electrons. The summed E-state index contributed by atoms with van der Waals surface area (Å²) in [6.45, 7) is 3.14. The molecule has 0 saturated heterocycles. The average Bonchev–Trinajstić information content (AvgIpc) is 2.37. The summed E-state index contributed by atoms with van der Waals surface area (Å²) in [6, 6.07) is 4.93. The summed E-state index contributed by atoms with van der Waals surface area (Å²) < 4.78 is 20.7. The van der Waals surface area contributed by atoms with E-state index >= 15 is 0 Å². The summed E-state index contributed by atoms with van der Waals surface area (Å²) in [5.74, 6) is 0.0467. The fourth-order valence-electron chi connectivity index (χ4n) is 1.70. The first kappa shape index (κ1) is 10.7. The van der Waals surface area contributed by atoms with Gasteiger partial charge in [-0.05, 0) is 24.3 Å². The first-order chi connectivity index (χ1) is 7.20. The van der Waals surface area contributed by atoms with Crippen LogP contribution in [0.15, 0.2) is 18.2 Å². The molecule has 0 N–H and O–H groups in total. The maximum Gasteiger partial charge on any atom is 0.165 e. The third-order valence-corrected chi connectivity index (χ3v) is 2.79. The van der Waals surface area contributed by atoms with E-state index in [0.717, 1.165) is 12.0 Å². The van der Waals surface area contributed by atoms with Gasteiger partial charge >= 0.3 is 0 Å². The highest BCUT2D eigenvalue weighted by Crippen LogP contribution is 2.29. The molecule has 0 unspecified atom stereocenters. The van der Waals surface area contributed by atoms with Crippen molar-refractivity contribution in [1.29, 1.82) is 0 Å². The van der Waals surface area contributed by atoms with Crippen LogP contribution in [0, 0.1) is 5.82 Å². The second kappa shape index (κ2) is 4.37. The van der Waals surface area contributed by atoms with E-state index in [1.54, 1.807) is 10.5 Å². The van der Waals surface area contributed by atoms with E-state index in [1.165, 1.54) is 6.07 Å². The van der Waals surface area contributed by atoms with Crippen molar-refractivity contribution in [2.75, 3.05) is 6.54 Å². The molecule has 0 spiro atoms. The molecule has 1 aromatic rings. The van der Waals surface area contributed by atoms with Crippen molar-refractivity contribution < 1.29 is 9.13 Å². The zero-order valence-corrected chi connectivity index (χ0v) is 9.30. The van der Waals surface area contributed by atoms with Crippen LogP contribution >= 0.6 is 11.8 Å². The van der Waals surface area contributed by atoms with Crippen LogP contribution in [0.3, 0.4) is 0 Å². The van der Waals surface area contributed by atoms with Crippen LogP contribution in [-0.2, 0) is 6.54 Å². The first-order valence-electron chi connectivity index (χ1n) is 5.05. The molecule has 15 heavy (non-hydrogen) atoms. The van der Waals surface area contributed by atoms with Crippen molar-refractivity contribution in [2.24, 2.45) is 0 Å². The highest BCUT2D eigenvalue weighted by atomic mass is 35.5. The summed E-state index contributed by atoms with van der Waals surface area (Å²) in [4.78, 5) is 0. The quantitative estimate of drug-likeness (QED) is 0.687. The molecule has 0 amide bonds. The fourth-order valence-corrected chi connectivity index (χ4v) is 1.98. The Bertz CT molecular complexity index is 358. The molecule has 0 bridgehead atoms. The molecular formula is C11H13ClFNO. The Balaban J connectivity index is 2.36. The van der Waals surface area contributed by atoms with E-state index in [9.17, 15) is 4.39 Å². The predicted molar refractivity (Wildman–Crippen MR) is 57.4 cm³/mol. The van der Waals surface area contributed by atoms with Gasteiger partial charge in [0.25, 0.3) is 0 Å². The standard InChI is InChI=1S/C11H13ClFNO/c1-2-9-7-14(12)6-8-4-3-5-10(13)11(8)15-9/h3-5,9H,2,6-7H2,1H3/t9-/m1/s1. The van der Waals surface area contributed by atoms with Gasteiger partial charge in [-0.3, -0.25) is 0 Å². The van der Waals surface area contributed by atoms with Crippen LogP contribution in [-0.4, -0.2) is 17.1 Å². The first-order valence-corrected chi connectivity index (χ1v) is 5.39. The van der Waals surface area contributed by atoms with Crippen LogP contribution in [0.2, 0.25) is 0 Å². The molecule has 1 aliphatic heterocycles. The zero-order valence-electron chi connectivity index (χ0n) is 8.54. The molecular weight excluding hydrogens is 217 g/mol. The van der Waals surface area contributed by atoms with E-state index < -0.39 is 0 Å². The normalized spacial score (nSPS) is 21.7. The van der Waals surface area contributed by atoms with E-state index in [1.807, 2.05) is 13.0 Å². The lowest BCUT2D eigenvalue weighted by Crippen LogP contribution is -2.26. The number of para-hydroxylation sites is 1. The minimum Gasteiger partial charge on any atom is -0.486 e. The van der Waals surface area contributed by atoms with Gasteiger partial charge in [-0.25, -0.2) is 8.81 Å². The van der Waals surface area contributed by atoms with Gasteiger partial charge in [-0.1, -0.05) is 19.1 Å². The third-order valence-electron chi connectivity index (χ3n) is 2.53. The molecule has 82 valence electrons. The van der Waals surface area contributed by atoms with Crippen molar-refractivity contribution in [1.82, 2.24) is 4.42 Å². The molecule has 2 nitrogen and oxygen atoms in total. The number of hydrogen-bond donors (Lipinski definition) is 0. The summed E-state index contributed by atoms with van der Waals surface area (Å²) in [7, 11) is 0. The summed E-state index contributed by atoms with van der Waals surface area (Å²) >= 11 is 6.01. The van der Waals surface area contributed by atoms with Gasteiger partial charge in [0.15, 0.2) is 11.6 Å². The van der Waals surface area contributed by atoms with Gasteiger partial charge in [0.1, 0.15) is 6.10 Å². The Hall–Kier alpha value is -0.800. The Morgan fingerprint density at radius 2 is 2.40 bits per heavy atom. The molecule has 0 aliphatic carbocycles. The van der Waals surface area contributed by atoms with Crippen LogP contribution in [0.25, 0.3) is 0 Å². The molecule has 1 heterocycles. The van der Waals surface area contributed by atoms with Crippen molar-refractivity contribution in [3.05, 3.63) is 29.6 Å². The topological polar surface area (TPSA) is 12.5 Å². The largest absolute Gasteiger partial charge is 0.486 e. The Kier molecular flexibility index (Phi) is 3.12. The predicted octanol–water partition coefficient (Wildman–Crippen LogP) is 2.95. The van der Waals surface area contributed by atoms with Crippen LogP contribution in [0.4, 0.5) is 4.39 Å². The second-order valence-electron chi connectivity index (χ2n) is 3.68. The lowest BCUT2D eigenvalue weighted by molar-refractivity contribution is 0.174. The van der Waals surface area contributed by atoms with Crippen LogP contribution < -0.4 is 4.74 Å². The minimum atomic E-state index is -0.307. The molecule has 4 heteroatoms. The number of ether oxygens (including phenoxy) is 1. The van der Waals surface area contributed by atoms with Crippen LogP contribution in [0.1, 0.15) is 18.9 Å². The molecule has 1 aliphatic rings. The SMILES string of the molecule is CC[C@@H]1CN(Cl)Cc2cccc(F)c2O1. The third kappa shape index (κ3) is 2.24. The molecule has 0 aromatic heterocycles. The number of nitrogens with zero attached hydrogens (tertiary/aromatic N) is 1. The molecule has 1 atom stereocenters. The zero-order chi connectivity index (χ0) is 10.8. The minimum absolute atomic E-state index is 0.0411. The van der Waals surface area contributed by atoms with E-state index in [0.29, 0.717) is 18.8 Å². The second-order valence-corrected chi connectivity index (χ2v) is 4.16. The number of hydrogen-bond acceptors (Lipinski definition) is 2. The summed E-state index contributed by atoms with van der Waals surface area (Å²) in [6.07, 6.45) is 0.775. The fraction of sp³-hybridized carbons (Fsp3) is 0.455. The highest BCUT2D eigenvalue weighted by Gasteiger charge is 2.22. The Labute approximate surface area is 93.7 Å².